The Morgan fingerprint density at radius 1 is 1.42 bits per heavy atom. The van der Waals surface area contributed by atoms with Crippen LogP contribution in [0.15, 0.2) is 24.3 Å². The SMILES string of the molecule is C[C@H]1COc2ccccc2[C@@H]1N. The number of hydrogen-bond acceptors (Lipinski definition) is 2. The average Bonchev–Trinajstić information content (AvgIpc) is 2.12. The molecule has 2 rings (SSSR count). The van der Waals surface area contributed by atoms with Crippen molar-refractivity contribution in [2.75, 3.05) is 6.61 Å². The van der Waals surface area contributed by atoms with E-state index in [1.807, 2.05) is 24.3 Å². The van der Waals surface area contributed by atoms with Crippen molar-refractivity contribution in [2.24, 2.45) is 11.7 Å². The zero-order valence-electron chi connectivity index (χ0n) is 7.16. The van der Waals surface area contributed by atoms with E-state index in [1.165, 1.54) is 0 Å². The Morgan fingerprint density at radius 2 is 2.17 bits per heavy atom. The molecule has 0 spiro atoms. The van der Waals surface area contributed by atoms with Crippen LogP contribution >= 0.6 is 0 Å². The van der Waals surface area contributed by atoms with Crippen LogP contribution in [0.3, 0.4) is 0 Å². The highest BCUT2D eigenvalue weighted by Gasteiger charge is 2.23. The Morgan fingerprint density at radius 3 is 3.00 bits per heavy atom. The summed E-state index contributed by atoms with van der Waals surface area (Å²) >= 11 is 0. The molecule has 2 heteroatoms. The van der Waals surface area contributed by atoms with Gasteiger partial charge in [0.1, 0.15) is 5.75 Å². The van der Waals surface area contributed by atoms with E-state index in [0.717, 1.165) is 17.9 Å². The van der Waals surface area contributed by atoms with Crippen molar-refractivity contribution in [1.82, 2.24) is 0 Å². The van der Waals surface area contributed by atoms with Gasteiger partial charge in [0.25, 0.3) is 0 Å². The van der Waals surface area contributed by atoms with Gasteiger partial charge in [-0.15, -0.1) is 0 Å². The van der Waals surface area contributed by atoms with Gasteiger partial charge in [-0.25, -0.2) is 0 Å². The van der Waals surface area contributed by atoms with Crippen LogP contribution in [0.1, 0.15) is 18.5 Å². The highest BCUT2D eigenvalue weighted by molar-refractivity contribution is 5.37. The Balaban J connectivity index is 2.42. The van der Waals surface area contributed by atoms with Crippen molar-refractivity contribution in [3.8, 4) is 5.75 Å². The quantitative estimate of drug-likeness (QED) is 0.632. The van der Waals surface area contributed by atoms with Crippen molar-refractivity contribution in [3.63, 3.8) is 0 Å². The summed E-state index contributed by atoms with van der Waals surface area (Å²) in [6.45, 7) is 2.85. The highest BCUT2D eigenvalue weighted by Crippen LogP contribution is 2.32. The lowest BCUT2D eigenvalue weighted by Crippen LogP contribution is -2.29. The van der Waals surface area contributed by atoms with E-state index >= 15 is 0 Å². The third-order valence-electron chi connectivity index (χ3n) is 2.39. The molecule has 0 saturated carbocycles. The van der Waals surface area contributed by atoms with E-state index in [9.17, 15) is 0 Å². The molecule has 0 radical (unpaired) electrons. The van der Waals surface area contributed by atoms with Gasteiger partial charge in [0.05, 0.1) is 6.61 Å². The molecule has 0 aromatic heterocycles. The second-order valence-corrected chi connectivity index (χ2v) is 3.35. The first kappa shape index (κ1) is 7.62. The fourth-order valence-electron chi connectivity index (χ4n) is 1.52. The number of benzene rings is 1. The predicted molar refractivity (Wildman–Crippen MR) is 48.0 cm³/mol. The molecule has 2 atom stereocenters. The molecular weight excluding hydrogens is 150 g/mol. The smallest absolute Gasteiger partial charge is 0.124 e. The van der Waals surface area contributed by atoms with Crippen LogP contribution in [0.25, 0.3) is 0 Å². The Kier molecular flexibility index (Phi) is 1.77. The minimum absolute atomic E-state index is 0.134. The lowest BCUT2D eigenvalue weighted by atomic mass is 9.93. The molecule has 1 aromatic rings. The number of nitrogens with two attached hydrogens (primary N) is 1. The fourth-order valence-corrected chi connectivity index (χ4v) is 1.52. The molecule has 1 aliphatic heterocycles. The van der Waals surface area contributed by atoms with E-state index in [-0.39, 0.29) is 6.04 Å². The van der Waals surface area contributed by atoms with Crippen LogP contribution in [-0.4, -0.2) is 6.61 Å². The monoisotopic (exact) mass is 163 g/mol. The van der Waals surface area contributed by atoms with Gasteiger partial charge in [0.2, 0.25) is 0 Å². The summed E-state index contributed by atoms with van der Waals surface area (Å²) in [6, 6.07) is 8.12. The van der Waals surface area contributed by atoms with Crippen LogP contribution in [0, 0.1) is 5.92 Å². The van der Waals surface area contributed by atoms with Crippen LogP contribution in [0.2, 0.25) is 0 Å². The van der Waals surface area contributed by atoms with E-state index in [1.54, 1.807) is 0 Å². The third-order valence-corrected chi connectivity index (χ3v) is 2.39. The van der Waals surface area contributed by atoms with E-state index in [0.29, 0.717) is 5.92 Å². The first-order valence-electron chi connectivity index (χ1n) is 4.26. The number of rotatable bonds is 0. The van der Waals surface area contributed by atoms with Gasteiger partial charge in [0, 0.05) is 17.5 Å². The van der Waals surface area contributed by atoms with Crippen LogP contribution < -0.4 is 10.5 Å². The van der Waals surface area contributed by atoms with Gasteiger partial charge in [-0.1, -0.05) is 25.1 Å². The lowest BCUT2D eigenvalue weighted by Gasteiger charge is -2.28. The second kappa shape index (κ2) is 2.79. The molecule has 64 valence electrons. The molecule has 0 bridgehead atoms. The minimum Gasteiger partial charge on any atom is -0.493 e. The fraction of sp³-hybridized carbons (Fsp3) is 0.400. The second-order valence-electron chi connectivity index (χ2n) is 3.35. The molecule has 2 N–H and O–H groups in total. The number of para-hydroxylation sites is 1. The summed E-state index contributed by atoms with van der Waals surface area (Å²) in [5.74, 6) is 1.36. The molecule has 1 aromatic carbocycles. The van der Waals surface area contributed by atoms with E-state index in [4.69, 9.17) is 10.5 Å². The first-order chi connectivity index (χ1) is 5.79. The molecule has 12 heavy (non-hydrogen) atoms. The maximum Gasteiger partial charge on any atom is 0.124 e. The van der Waals surface area contributed by atoms with Crippen molar-refractivity contribution in [2.45, 2.75) is 13.0 Å². The normalized spacial score (nSPS) is 27.5. The summed E-state index contributed by atoms with van der Waals surface area (Å²) in [6.07, 6.45) is 0. The highest BCUT2D eigenvalue weighted by atomic mass is 16.5. The maximum atomic E-state index is 6.01. The summed E-state index contributed by atoms with van der Waals surface area (Å²) in [5.41, 5.74) is 7.15. The molecule has 0 amide bonds. The number of ether oxygens (including phenoxy) is 1. The summed E-state index contributed by atoms with van der Waals surface area (Å²) in [5, 5.41) is 0. The van der Waals surface area contributed by atoms with Crippen LogP contribution in [0.4, 0.5) is 0 Å². The predicted octanol–water partition coefficient (Wildman–Crippen LogP) is 1.71. The van der Waals surface area contributed by atoms with Crippen LogP contribution in [0.5, 0.6) is 5.75 Å². The zero-order valence-corrected chi connectivity index (χ0v) is 7.16. The van der Waals surface area contributed by atoms with Gasteiger partial charge < -0.3 is 10.5 Å². The average molecular weight is 163 g/mol. The van der Waals surface area contributed by atoms with Crippen molar-refractivity contribution in [3.05, 3.63) is 29.8 Å². The zero-order chi connectivity index (χ0) is 8.55. The largest absolute Gasteiger partial charge is 0.493 e. The Labute approximate surface area is 72.3 Å². The molecule has 0 aliphatic carbocycles. The molecule has 2 nitrogen and oxygen atoms in total. The van der Waals surface area contributed by atoms with Crippen molar-refractivity contribution in [1.29, 1.82) is 0 Å². The standard InChI is InChI=1S/C10H13NO/c1-7-6-12-9-5-3-2-4-8(9)10(7)11/h2-5,7,10H,6,11H2,1H3/t7-,10+/m0/s1. The third kappa shape index (κ3) is 1.08. The van der Waals surface area contributed by atoms with Gasteiger partial charge >= 0.3 is 0 Å². The molecule has 0 saturated heterocycles. The van der Waals surface area contributed by atoms with Gasteiger partial charge in [-0.2, -0.15) is 0 Å². The number of fused-ring (bicyclic) bond motifs is 1. The van der Waals surface area contributed by atoms with E-state index < -0.39 is 0 Å². The molecule has 0 fully saturated rings. The van der Waals surface area contributed by atoms with Gasteiger partial charge in [0.15, 0.2) is 0 Å². The first-order valence-corrected chi connectivity index (χ1v) is 4.26. The Bertz CT molecular complexity index is 285. The lowest BCUT2D eigenvalue weighted by molar-refractivity contribution is 0.207. The molecular formula is C10H13NO. The number of hydrogen-bond donors (Lipinski definition) is 1. The summed E-state index contributed by atoms with van der Waals surface area (Å²) in [7, 11) is 0. The topological polar surface area (TPSA) is 35.2 Å². The van der Waals surface area contributed by atoms with Gasteiger partial charge in [-0.3, -0.25) is 0 Å². The van der Waals surface area contributed by atoms with Crippen molar-refractivity contribution < 1.29 is 4.74 Å². The maximum absolute atomic E-state index is 6.01. The van der Waals surface area contributed by atoms with Crippen LogP contribution in [-0.2, 0) is 0 Å². The van der Waals surface area contributed by atoms with Crippen molar-refractivity contribution >= 4 is 0 Å². The van der Waals surface area contributed by atoms with Gasteiger partial charge in [-0.05, 0) is 6.07 Å². The molecule has 1 heterocycles. The minimum atomic E-state index is 0.134. The summed E-state index contributed by atoms with van der Waals surface area (Å²) < 4.78 is 5.53. The van der Waals surface area contributed by atoms with E-state index in [2.05, 4.69) is 6.92 Å². The molecule has 1 aliphatic rings. The molecule has 0 unspecified atom stereocenters. The Hall–Kier alpha value is -1.02. The summed E-state index contributed by atoms with van der Waals surface area (Å²) in [4.78, 5) is 0.